The third-order valence-corrected chi connectivity index (χ3v) is 3.32. The molecule has 2 N–H and O–H groups in total. The van der Waals surface area contributed by atoms with E-state index in [2.05, 4.69) is 25.6 Å². The number of nitrogens with zero attached hydrogens (tertiary/aromatic N) is 4. The summed E-state index contributed by atoms with van der Waals surface area (Å²) in [6, 6.07) is 8.55. The summed E-state index contributed by atoms with van der Waals surface area (Å²) in [6.45, 7) is 1.94. The molecule has 0 aliphatic carbocycles. The van der Waals surface area contributed by atoms with E-state index in [-0.39, 0.29) is 18.1 Å². The summed E-state index contributed by atoms with van der Waals surface area (Å²) in [7, 11) is 3.40. The second-order valence-electron chi connectivity index (χ2n) is 5.61. The molecule has 1 amide bonds. The lowest BCUT2D eigenvalue weighted by Gasteiger charge is -2.17. The van der Waals surface area contributed by atoms with Crippen molar-refractivity contribution in [2.75, 3.05) is 20.7 Å². The van der Waals surface area contributed by atoms with Gasteiger partial charge in [-0.05, 0) is 12.5 Å². The number of carbonyl (C=O) groups is 2. The predicted molar refractivity (Wildman–Crippen MR) is 94.8 cm³/mol. The van der Waals surface area contributed by atoms with E-state index >= 15 is 0 Å². The SMILES string of the molecule is CCOC(=O)C(Cc1ccccc1)NC(=O)c1[nH]cnc1/N=N/N(C)C. The van der Waals surface area contributed by atoms with Crippen LogP contribution < -0.4 is 5.32 Å². The molecule has 2 rings (SSSR count). The molecule has 1 aromatic heterocycles. The first kappa shape index (κ1) is 19.1. The Hall–Kier alpha value is -3.23. The fraction of sp³-hybridized carbons (Fsp3) is 0.353. The molecule has 9 nitrogen and oxygen atoms in total. The summed E-state index contributed by atoms with van der Waals surface area (Å²) < 4.78 is 5.08. The molecule has 0 aliphatic heterocycles. The fourth-order valence-corrected chi connectivity index (χ4v) is 2.18. The summed E-state index contributed by atoms with van der Waals surface area (Å²) in [4.78, 5) is 31.5. The third kappa shape index (κ3) is 5.40. The van der Waals surface area contributed by atoms with E-state index in [9.17, 15) is 9.59 Å². The number of aromatic amines is 1. The predicted octanol–water partition coefficient (Wildman–Crippen LogP) is 1.87. The number of amides is 1. The van der Waals surface area contributed by atoms with Crippen molar-refractivity contribution in [2.45, 2.75) is 19.4 Å². The number of ether oxygens (including phenoxy) is 1. The Morgan fingerprint density at radius 2 is 2.04 bits per heavy atom. The van der Waals surface area contributed by atoms with E-state index in [0.717, 1.165) is 5.56 Å². The first-order chi connectivity index (χ1) is 12.5. The molecule has 0 spiro atoms. The van der Waals surface area contributed by atoms with E-state index < -0.39 is 17.9 Å². The summed E-state index contributed by atoms with van der Waals surface area (Å²) in [5.41, 5.74) is 1.03. The van der Waals surface area contributed by atoms with Gasteiger partial charge in [0.25, 0.3) is 5.91 Å². The highest BCUT2D eigenvalue weighted by Crippen LogP contribution is 2.15. The van der Waals surface area contributed by atoms with Gasteiger partial charge in [-0.25, -0.2) is 9.78 Å². The highest BCUT2D eigenvalue weighted by molar-refractivity contribution is 5.98. The molecule has 0 fully saturated rings. The van der Waals surface area contributed by atoms with Gasteiger partial charge in [-0.15, -0.1) is 5.11 Å². The fourth-order valence-electron chi connectivity index (χ4n) is 2.18. The zero-order valence-corrected chi connectivity index (χ0v) is 15.0. The van der Waals surface area contributed by atoms with Crippen LogP contribution >= 0.6 is 0 Å². The number of esters is 1. The molecule has 0 aliphatic rings. The molecule has 0 radical (unpaired) electrons. The van der Waals surface area contributed by atoms with Crippen molar-refractivity contribution >= 4 is 17.7 Å². The van der Waals surface area contributed by atoms with Gasteiger partial charge in [-0.2, -0.15) is 0 Å². The lowest BCUT2D eigenvalue weighted by molar-refractivity contribution is -0.145. The summed E-state index contributed by atoms with van der Waals surface area (Å²) >= 11 is 0. The zero-order valence-electron chi connectivity index (χ0n) is 15.0. The third-order valence-electron chi connectivity index (χ3n) is 3.32. The van der Waals surface area contributed by atoms with Crippen molar-refractivity contribution in [3.63, 3.8) is 0 Å². The van der Waals surface area contributed by atoms with E-state index in [4.69, 9.17) is 4.74 Å². The molecule has 1 heterocycles. The van der Waals surface area contributed by atoms with Crippen LogP contribution in [0.4, 0.5) is 5.82 Å². The minimum Gasteiger partial charge on any atom is -0.464 e. The maximum Gasteiger partial charge on any atom is 0.328 e. The second kappa shape index (κ2) is 9.30. The smallest absolute Gasteiger partial charge is 0.328 e. The molecular formula is C17H22N6O3. The van der Waals surface area contributed by atoms with Gasteiger partial charge in [-0.3, -0.25) is 9.80 Å². The van der Waals surface area contributed by atoms with Crippen LogP contribution in [0.2, 0.25) is 0 Å². The van der Waals surface area contributed by atoms with Crippen molar-refractivity contribution in [1.29, 1.82) is 0 Å². The van der Waals surface area contributed by atoms with E-state index in [0.29, 0.717) is 6.42 Å². The van der Waals surface area contributed by atoms with Crippen molar-refractivity contribution in [1.82, 2.24) is 20.3 Å². The molecule has 2 aromatic rings. The molecular weight excluding hydrogens is 336 g/mol. The quantitative estimate of drug-likeness (QED) is 0.425. The van der Waals surface area contributed by atoms with E-state index in [1.54, 1.807) is 21.0 Å². The molecule has 26 heavy (non-hydrogen) atoms. The standard InChI is InChI=1S/C17H22N6O3/c1-4-26-17(25)13(10-12-8-6-5-7-9-12)20-16(24)14-15(19-11-18-14)21-22-23(2)3/h5-9,11,13H,4,10H2,1-3H3,(H,18,19)(H,20,24)/b22-21+. The Kier molecular flexibility index (Phi) is 6.84. The van der Waals surface area contributed by atoms with Crippen molar-refractivity contribution < 1.29 is 14.3 Å². The van der Waals surface area contributed by atoms with Gasteiger partial charge in [-0.1, -0.05) is 35.6 Å². The number of H-pyrrole nitrogens is 1. The minimum atomic E-state index is -0.827. The molecule has 0 saturated heterocycles. The Balaban J connectivity index is 2.16. The maximum atomic E-state index is 12.6. The highest BCUT2D eigenvalue weighted by Gasteiger charge is 2.25. The molecule has 0 bridgehead atoms. The van der Waals surface area contributed by atoms with Gasteiger partial charge in [0.2, 0.25) is 5.82 Å². The molecule has 1 atom stereocenters. The molecule has 138 valence electrons. The number of imidazole rings is 1. The van der Waals surface area contributed by atoms with Crippen LogP contribution in [-0.4, -0.2) is 53.6 Å². The van der Waals surface area contributed by atoms with E-state index in [1.165, 1.54) is 11.3 Å². The summed E-state index contributed by atoms with van der Waals surface area (Å²) in [6.07, 6.45) is 1.66. The molecule has 0 saturated carbocycles. The van der Waals surface area contributed by atoms with Crippen LogP contribution in [0, 0.1) is 0 Å². The molecule has 9 heteroatoms. The average molecular weight is 358 g/mol. The Labute approximate surface area is 151 Å². The molecule has 1 unspecified atom stereocenters. The van der Waals surface area contributed by atoms with Gasteiger partial charge < -0.3 is 15.0 Å². The Bertz CT molecular complexity index is 757. The van der Waals surface area contributed by atoms with Crippen molar-refractivity contribution in [2.24, 2.45) is 10.3 Å². The van der Waals surface area contributed by atoms with Crippen LogP contribution in [0.15, 0.2) is 47.0 Å². The van der Waals surface area contributed by atoms with Gasteiger partial charge in [0.1, 0.15) is 6.04 Å². The van der Waals surface area contributed by atoms with Crippen LogP contribution in [0.5, 0.6) is 0 Å². The Morgan fingerprint density at radius 1 is 1.31 bits per heavy atom. The topological polar surface area (TPSA) is 112 Å². The van der Waals surface area contributed by atoms with E-state index in [1.807, 2.05) is 30.3 Å². The monoisotopic (exact) mass is 358 g/mol. The number of hydrogen-bond acceptors (Lipinski definition) is 6. The summed E-state index contributed by atoms with van der Waals surface area (Å²) in [5.74, 6) is -0.872. The normalized spacial score (nSPS) is 12.0. The first-order valence-electron chi connectivity index (χ1n) is 8.15. The van der Waals surface area contributed by atoms with Gasteiger partial charge >= 0.3 is 5.97 Å². The number of nitrogens with one attached hydrogen (secondary N) is 2. The lowest BCUT2D eigenvalue weighted by Crippen LogP contribution is -2.43. The largest absolute Gasteiger partial charge is 0.464 e. The van der Waals surface area contributed by atoms with Crippen molar-refractivity contribution in [3.05, 3.63) is 47.9 Å². The van der Waals surface area contributed by atoms with Crippen molar-refractivity contribution in [3.8, 4) is 0 Å². The molecule has 1 aromatic carbocycles. The van der Waals surface area contributed by atoms with Crippen LogP contribution in [0.25, 0.3) is 0 Å². The number of rotatable bonds is 8. The van der Waals surface area contributed by atoms with Crippen LogP contribution in [-0.2, 0) is 16.0 Å². The van der Waals surface area contributed by atoms with Gasteiger partial charge in [0, 0.05) is 20.5 Å². The second-order valence-corrected chi connectivity index (χ2v) is 5.61. The highest BCUT2D eigenvalue weighted by atomic mass is 16.5. The first-order valence-corrected chi connectivity index (χ1v) is 8.15. The lowest BCUT2D eigenvalue weighted by atomic mass is 10.1. The number of carbonyl (C=O) groups excluding carboxylic acids is 2. The number of aromatic nitrogens is 2. The Morgan fingerprint density at radius 3 is 2.69 bits per heavy atom. The number of benzene rings is 1. The van der Waals surface area contributed by atoms with Crippen LogP contribution in [0.3, 0.4) is 0 Å². The zero-order chi connectivity index (χ0) is 18.9. The maximum absolute atomic E-state index is 12.6. The van der Waals surface area contributed by atoms with Gasteiger partial charge in [0.05, 0.1) is 12.9 Å². The van der Waals surface area contributed by atoms with Gasteiger partial charge in [0.15, 0.2) is 5.69 Å². The average Bonchev–Trinajstić information content (AvgIpc) is 3.09. The minimum absolute atomic E-state index is 0.123. The summed E-state index contributed by atoms with van der Waals surface area (Å²) in [5, 5.41) is 11.9. The number of hydrogen-bond donors (Lipinski definition) is 2. The van der Waals surface area contributed by atoms with Crippen LogP contribution in [0.1, 0.15) is 23.0 Å².